The minimum atomic E-state index is 0.571. The van der Waals surface area contributed by atoms with Crippen LogP contribution in [0, 0.1) is 23.7 Å². The number of rotatable bonds is 2. The molecule has 2 saturated heterocycles. The van der Waals surface area contributed by atoms with Crippen molar-refractivity contribution in [2.24, 2.45) is 35.1 Å². The zero-order valence-electron chi connectivity index (χ0n) is 21.3. The van der Waals surface area contributed by atoms with Gasteiger partial charge in [0.15, 0.2) is 0 Å². The molecule has 36 heavy (non-hydrogen) atoms. The van der Waals surface area contributed by atoms with Gasteiger partial charge < -0.3 is 21.3 Å². The molecular weight excluding hydrogens is 440 g/mol. The molecule has 3 aliphatic carbocycles. The normalized spacial score (nSPS) is 42.7. The highest BCUT2D eigenvalue weighted by Crippen LogP contribution is 2.62. The van der Waals surface area contributed by atoms with Crippen molar-refractivity contribution in [1.82, 2.24) is 9.80 Å². The molecule has 0 aromatic heterocycles. The molecule has 4 N–H and O–H groups in total. The Morgan fingerprint density at radius 3 is 1.33 bits per heavy atom. The summed E-state index contributed by atoms with van der Waals surface area (Å²) in [6.45, 7) is 0. The smallest absolute Gasteiger partial charge is 0.141 e. The highest BCUT2D eigenvalue weighted by molar-refractivity contribution is 5.31. The lowest BCUT2D eigenvalue weighted by atomic mass is 9.63. The Hall–Kier alpha value is -2.62. The molecule has 4 nitrogen and oxygen atoms in total. The van der Waals surface area contributed by atoms with Gasteiger partial charge >= 0.3 is 0 Å². The first-order valence-corrected chi connectivity index (χ1v) is 14.6. The van der Waals surface area contributed by atoms with Gasteiger partial charge in [0.2, 0.25) is 0 Å². The van der Waals surface area contributed by atoms with E-state index in [-0.39, 0.29) is 0 Å². The molecule has 3 saturated carbocycles. The summed E-state index contributed by atoms with van der Waals surface area (Å²) in [5.74, 6) is 6.26. The van der Waals surface area contributed by atoms with Crippen LogP contribution in [0.25, 0.3) is 0 Å². The van der Waals surface area contributed by atoms with Gasteiger partial charge in [-0.05, 0) is 98.0 Å². The van der Waals surface area contributed by atoms with Gasteiger partial charge in [0.25, 0.3) is 0 Å². The van der Waals surface area contributed by atoms with Crippen LogP contribution in [0.2, 0.25) is 0 Å². The lowest BCUT2D eigenvalue weighted by Crippen LogP contribution is -2.61. The van der Waals surface area contributed by atoms with E-state index in [1.807, 2.05) is 0 Å². The Morgan fingerprint density at radius 1 is 0.500 bits per heavy atom. The zero-order valence-corrected chi connectivity index (χ0v) is 21.3. The Kier molecular flexibility index (Phi) is 4.73. The third-order valence-electron chi connectivity index (χ3n) is 11.6. The van der Waals surface area contributed by atoms with E-state index in [1.54, 1.807) is 0 Å². The standard InChI is InChI=1S/C32H40N4/c33-31-32(34)36-28-16-12-22(20-9-5-2-6-10-20)18-26(28)24-14-13-23-25-17-21(19-7-3-1-4-8-19)11-15-27(25)35(31)29(23)30(24)36/h1-10,21-30H,11-18,33-34H2. The molecule has 2 aromatic carbocycles. The summed E-state index contributed by atoms with van der Waals surface area (Å²) in [5.41, 5.74) is 17.0. The molecule has 6 aliphatic rings. The third-order valence-corrected chi connectivity index (χ3v) is 11.6. The summed E-state index contributed by atoms with van der Waals surface area (Å²) in [6.07, 6.45) is 10.5. The number of benzene rings is 2. The topological polar surface area (TPSA) is 58.5 Å². The average Bonchev–Trinajstić information content (AvgIpc) is 3.45. The fourth-order valence-corrected chi connectivity index (χ4v) is 10.3. The number of fused-ring (bicyclic) bond motifs is 6. The van der Waals surface area contributed by atoms with Crippen molar-refractivity contribution in [2.75, 3.05) is 0 Å². The number of nitrogens with zero attached hydrogens (tertiary/aromatic N) is 2. The van der Waals surface area contributed by atoms with E-state index in [4.69, 9.17) is 11.5 Å². The molecule has 10 unspecified atom stereocenters. The number of hydrogen-bond acceptors (Lipinski definition) is 4. The van der Waals surface area contributed by atoms with E-state index in [0.717, 1.165) is 35.3 Å². The van der Waals surface area contributed by atoms with Crippen LogP contribution in [-0.4, -0.2) is 34.0 Å². The molecule has 0 amide bonds. The van der Waals surface area contributed by atoms with Crippen molar-refractivity contribution in [3.63, 3.8) is 0 Å². The molecule has 0 spiro atoms. The Morgan fingerprint density at radius 2 is 0.917 bits per heavy atom. The molecule has 0 bridgehead atoms. The third kappa shape index (κ3) is 2.87. The van der Waals surface area contributed by atoms with Crippen LogP contribution >= 0.6 is 0 Å². The van der Waals surface area contributed by atoms with Crippen molar-refractivity contribution in [3.8, 4) is 0 Å². The SMILES string of the molecule is NC1=C(N)N2C3CCC(c4ccccc4)CC3C3CCC4C5CC(c6ccccc6)CCC5N1C4C32. The summed E-state index contributed by atoms with van der Waals surface area (Å²) in [7, 11) is 0. The lowest BCUT2D eigenvalue weighted by Gasteiger charge is -2.51. The molecule has 4 heteroatoms. The van der Waals surface area contributed by atoms with Crippen LogP contribution in [0.5, 0.6) is 0 Å². The van der Waals surface area contributed by atoms with E-state index in [2.05, 4.69) is 70.5 Å². The van der Waals surface area contributed by atoms with Crippen molar-refractivity contribution in [1.29, 1.82) is 0 Å². The van der Waals surface area contributed by atoms with E-state index in [9.17, 15) is 0 Å². The van der Waals surface area contributed by atoms with Gasteiger partial charge in [-0.2, -0.15) is 0 Å². The summed E-state index contributed by atoms with van der Waals surface area (Å²) in [6, 6.07) is 24.9. The van der Waals surface area contributed by atoms with Gasteiger partial charge in [-0.1, -0.05) is 60.7 Å². The molecule has 3 aliphatic heterocycles. The Bertz CT molecular complexity index is 1070. The summed E-state index contributed by atoms with van der Waals surface area (Å²) in [5, 5.41) is 0. The van der Waals surface area contributed by atoms with E-state index < -0.39 is 0 Å². The average molecular weight is 481 g/mol. The maximum atomic E-state index is 6.98. The fraction of sp³-hybridized carbons (Fsp3) is 0.562. The summed E-state index contributed by atoms with van der Waals surface area (Å²) >= 11 is 0. The first-order valence-electron chi connectivity index (χ1n) is 14.6. The summed E-state index contributed by atoms with van der Waals surface area (Å²) < 4.78 is 0. The van der Waals surface area contributed by atoms with Crippen LogP contribution in [-0.2, 0) is 0 Å². The second kappa shape index (κ2) is 7.94. The minimum Gasteiger partial charge on any atom is -0.382 e. The van der Waals surface area contributed by atoms with E-state index >= 15 is 0 Å². The minimum absolute atomic E-state index is 0.571. The van der Waals surface area contributed by atoms with Crippen molar-refractivity contribution in [3.05, 3.63) is 83.4 Å². The molecule has 10 atom stereocenters. The van der Waals surface area contributed by atoms with Crippen molar-refractivity contribution >= 4 is 0 Å². The van der Waals surface area contributed by atoms with Gasteiger partial charge in [-0.25, -0.2) is 0 Å². The molecule has 3 heterocycles. The van der Waals surface area contributed by atoms with Gasteiger partial charge in [0, 0.05) is 12.1 Å². The second-order valence-electron chi connectivity index (χ2n) is 12.8. The van der Waals surface area contributed by atoms with Gasteiger partial charge in [-0.15, -0.1) is 0 Å². The van der Waals surface area contributed by atoms with E-state index in [0.29, 0.717) is 36.0 Å². The lowest BCUT2D eigenvalue weighted by molar-refractivity contribution is 0.0412. The van der Waals surface area contributed by atoms with E-state index in [1.165, 1.54) is 62.5 Å². The van der Waals surface area contributed by atoms with Crippen LogP contribution < -0.4 is 11.5 Å². The first kappa shape index (κ1) is 21.5. The summed E-state index contributed by atoms with van der Waals surface area (Å²) in [4.78, 5) is 5.37. The fourth-order valence-electron chi connectivity index (χ4n) is 10.3. The Labute approximate surface area is 215 Å². The monoisotopic (exact) mass is 480 g/mol. The van der Waals surface area contributed by atoms with Crippen molar-refractivity contribution < 1.29 is 0 Å². The molecular formula is C32H40N4. The van der Waals surface area contributed by atoms with Gasteiger partial charge in [-0.3, -0.25) is 0 Å². The Balaban J connectivity index is 1.13. The maximum Gasteiger partial charge on any atom is 0.141 e. The molecule has 0 radical (unpaired) electrons. The predicted molar refractivity (Wildman–Crippen MR) is 143 cm³/mol. The molecule has 188 valence electrons. The molecule has 8 rings (SSSR count). The highest BCUT2D eigenvalue weighted by Gasteiger charge is 2.65. The van der Waals surface area contributed by atoms with Crippen LogP contribution in [0.1, 0.15) is 74.3 Å². The molecule has 2 aromatic rings. The van der Waals surface area contributed by atoms with Crippen LogP contribution in [0.3, 0.4) is 0 Å². The number of hydrogen-bond donors (Lipinski definition) is 2. The largest absolute Gasteiger partial charge is 0.382 e. The van der Waals surface area contributed by atoms with Gasteiger partial charge in [0.1, 0.15) is 11.6 Å². The van der Waals surface area contributed by atoms with Crippen molar-refractivity contribution in [2.45, 2.75) is 87.4 Å². The zero-order chi connectivity index (χ0) is 24.0. The highest BCUT2D eigenvalue weighted by atomic mass is 15.4. The molecule has 5 fully saturated rings. The maximum absolute atomic E-state index is 6.98. The predicted octanol–water partition coefficient (Wildman–Crippen LogP) is 5.34. The second-order valence-corrected chi connectivity index (χ2v) is 12.8. The number of nitrogens with two attached hydrogens (primary N) is 2. The first-order chi connectivity index (χ1) is 17.7. The van der Waals surface area contributed by atoms with Crippen LogP contribution in [0.4, 0.5) is 0 Å². The quantitative estimate of drug-likeness (QED) is 0.609. The van der Waals surface area contributed by atoms with Gasteiger partial charge in [0.05, 0.1) is 12.1 Å². The van der Waals surface area contributed by atoms with Crippen LogP contribution in [0.15, 0.2) is 72.3 Å².